The highest BCUT2D eigenvalue weighted by atomic mass is 79.9. The summed E-state index contributed by atoms with van der Waals surface area (Å²) in [5.74, 6) is -1.31. The second-order valence-electron chi connectivity index (χ2n) is 5.07. The first kappa shape index (κ1) is 17.9. The lowest BCUT2D eigenvalue weighted by molar-refractivity contribution is -0.384. The number of aryl methyl sites for hydroxylation is 1. The van der Waals surface area contributed by atoms with Crippen molar-refractivity contribution >= 4 is 33.2 Å². The lowest BCUT2D eigenvalue weighted by Gasteiger charge is -2.12. The van der Waals surface area contributed by atoms with Crippen molar-refractivity contribution in [3.63, 3.8) is 0 Å². The molecular weight excluding hydrogens is 383 g/mol. The van der Waals surface area contributed by atoms with Crippen LogP contribution in [0, 0.1) is 29.8 Å². The summed E-state index contributed by atoms with van der Waals surface area (Å²) in [4.78, 5) is 22.5. The van der Waals surface area contributed by atoms with Gasteiger partial charge in [0.1, 0.15) is 5.69 Å². The summed E-state index contributed by atoms with van der Waals surface area (Å²) in [5, 5.41) is 13.6. The minimum absolute atomic E-state index is 0.0798. The third-order valence-corrected chi connectivity index (χ3v) is 3.92. The molecular formula is C16H14BrFN2O4. The number of halogens is 2. The third-order valence-electron chi connectivity index (χ3n) is 3.43. The zero-order valence-corrected chi connectivity index (χ0v) is 14.5. The Morgan fingerprint density at radius 3 is 2.67 bits per heavy atom. The molecule has 126 valence electrons. The molecule has 8 heteroatoms. The zero-order chi connectivity index (χ0) is 17.9. The fourth-order valence-electron chi connectivity index (χ4n) is 2.02. The topological polar surface area (TPSA) is 81.5 Å². The van der Waals surface area contributed by atoms with Crippen molar-refractivity contribution in [2.75, 3.05) is 11.9 Å². The number of nitrogens with zero attached hydrogens (tertiary/aromatic N) is 1. The Kier molecular flexibility index (Phi) is 5.50. The second-order valence-corrected chi connectivity index (χ2v) is 5.99. The lowest BCUT2D eigenvalue weighted by atomic mass is 10.1. The van der Waals surface area contributed by atoms with Gasteiger partial charge in [-0.2, -0.15) is 0 Å². The second kappa shape index (κ2) is 7.39. The van der Waals surface area contributed by atoms with Crippen molar-refractivity contribution < 1.29 is 18.8 Å². The molecule has 0 bridgehead atoms. The number of hydrogen-bond donors (Lipinski definition) is 1. The van der Waals surface area contributed by atoms with Gasteiger partial charge in [0.25, 0.3) is 11.6 Å². The molecule has 0 radical (unpaired) electrons. The normalized spacial score (nSPS) is 10.3. The van der Waals surface area contributed by atoms with Crippen molar-refractivity contribution in [2.45, 2.75) is 13.8 Å². The number of nitro groups is 1. The van der Waals surface area contributed by atoms with Crippen LogP contribution < -0.4 is 10.1 Å². The van der Waals surface area contributed by atoms with Crippen LogP contribution in [0.2, 0.25) is 0 Å². The third kappa shape index (κ3) is 4.08. The summed E-state index contributed by atoms with van der Waals surface area (Å²) >= 11 is 3.12. The fraction of sp³-hybridized carbons (Fsp3) is 0.188. The Hall–Kier alpha value is -2.48. The predicted molar refractivity (Wildman–Crippen MR) is 90.8 cm³/mol. The summed E-state index contributed by atoms with van der Waals surface area (Å²) in [6.07, 6.45) is 0. The average Bonchev–Trinajstić information content (AvgIpc) is 2.50. The van der Waals surface area contributed by atoms with E-state index in [1.807, 2.05) is 0 Å². The van der Waals surface area contributed by atoms with Crippen LogP contribution >= 0.6 is 15.9 Å². The molecule has 0 aliphatic heterocycles. The molecule has 2 rings (SSSR count). The Morgan fingerprint density at radius 2 is 2.04 bits per heavy atom. The van der Waals surface area contributed by atoms with Crippen LogP contribution in [0.15, 0.2) is 34.8 Å². The SMILES string of the molecule is Cc1ccc([N+](=O)[O-])c(NC(=O)COc2ccc(Br)cc2F)c1C. The molecule has 0 saturated carbocycles. The van der Waals surface area contributed by atoms with E-state index < -0.39 is 23.3 Å². The number of hydrogen-bond acceptors (Lipinski definition) is 4. The zero-order valence-electron chi connectivity index (χ0n) is 12.9. The monoisotopic (exact) mass is 396 g/mol. The summed E-state index contributed by atoms with van der Waals surface area (Å²) < 4.78 is 19.3. The molecule has 24 heavy (non-hydrogen) atoms. The Labute approximate surface area is 145 Å². The molecule has 0 unspecified atom stereocenters. The number of ether oxygens (including phenoxy) is 1. The molecule has 1 N–H and O–H groups in total. The summed E-state index contributed by atoms with van der Waals surface area (Å²) in [6.45, 7) is 2.98. The number of amides is 1. The maximum Gasteiger partial charge on any atom is 0.293 e. The number of anilines is 1. The van der Waals surface area contributed by atoms with Crippen LogP contribution in [0.4, 0.5) is 15.8 Å². The number of carbonyl (C=O) groups excluding carboxylic acids is 1. The fourth-order valence-corrected chi connectivity index (χ4v) is 2.36. The van der Waals surface area contributed by atoms with E-state index in [2.05, 4.69) is 21.2 Å². The molecule has 0 aromatic heterocycles. The Balaban J connectivity index is 2.13. The molecule has 2 aromatic carbocycles. The van der Waals surface area contributed by atoms with E-state index in [1.54, 1.807) is 26.0 Å². The summed E-state index contributed by atoms with van der Waals surface area (Å²) in [7, 11) is 0. The van der Waals surface area contributed by atoms with Gasteiger partial charge < -0.3 is 10.1 Å². The van der Waals surface area contributed by atoms with Gasteiger partial charge in [0.15, 0.2) is 18.2 Å². The molecule has 0 saturated heterocycles. The first-order chi connectivity index (χ1) is 11.3. The minimum Gasteiger partial charge on any atom is -0.481 e. The van der Waals surface area contributed by atoms with Crippen LogP contribution in [-0.2, 0) is 4.79 Å². The van der Waals surface area contributed by atoms with Gasteiger partial charge in [-0.3, -0.25) is 14.9 Å². The first-order valence-corrected chi connectivity index (χ1v) is 7.71. The summed E-state index contributed by atoms with van der Waals surface area (Å²) in [5.41, 5.74) is 1.30. The molecule has 2 aromatic rings. The molecule has 1 amide bonds. The lowest BCUT2D eigenvalue weighted by Crippen LogP contribution is -2.21. The molecule has 0 aliphatic carbocycles. The molecule has 6 nitrogen and oxygen atoms in total. The van der Waals surface area contributed by atoms with Gasteiger partial charge >= 0.3 is 0 Å². The van der Waals surface area contributed by atoms with E-state index in [1.165, 1.54) is 18.2 Å². The van der Waals surface area contributed by atoms with Gasteiger partial charge in [0.05, 0.1) is 4.92 Å². The van der Waals surface area contributed by atoms with Gasteiger partial charge in [-0.25, -0.2) is 4.39 Å². The van der Waals surface area contributed by atoms with Gasteiger partial charge in [-0.1, -0.05) is 22.0 Å². The quantitative estimate of drug-likeness (QED) is 0.608. The highest BCUT2D eigenvalue weighted by molar-refractivity contribution is 9.10. The standard InChI is InChI=1S/C16H14BrFN2O4/c1-9-3-5-13(20(22)23)16(10(9)2)19-15(21)8-24-14-6-4-11(17)7-12(14)18/h3-7H,8H2,1-2H3,(H,19,21). The maximum absolute atomic E-state index is 13.6. The van der Waals surface area contributed by atoms with Crippen molar-refractivity contribution in [2.24, 2.45) is 0 Å². The van der Waals surface area contributed by atoms with E-state index in [0.29, 0.717) is 10.0 Å². The number of nitro benzene ring substituents is 1. The van der Waals surface area contributed by atoms with E-state index >= 15 is 0 Å². The number of carbonyl (C=O) groups is 1. The highest BCUT2D eigenvalue weighted by Gasteiger charge is 2.19. The first-order valence-electron chi connectivity index (χ1n) is 6.92. The number of nitrogens with one attached hydrogen (secondary N) is 1. The Bertz CT molecular complexity index is 811. The van der Waals surface area contributed by atoms with Gasteiger partial charge in [0.2, 0.25) is 0 Å². The van der Waals surface area contributed by atoms with E-state index in [0.717, 1.165) is 5.56 Å². The molecule has 0 aliphatic rings. The Morgan fingerprint density at radius 1 is 1.33 bits per heavy atom. The molecule has 0 heterocycles. The van der Waals surface area contributed by atoms with Crippen molar-refractivity contribution in [3.8, 4) is 5.75 Å². The number of rotatable bonds is 5. The van der Waals surface area contributed by atoms with Crippen LogP contribution in [0.1, 0.15) is 11.1 Å². The van der Waals surface area contributed by atoms with Crippen LogP contribution in [0.25, 0.3) is 0 Å². The van der Waals surface area contributed by atoms with Gasteiger partial charge in [-0.15, -0.1) is 0 Å². The molecule has 0 spiro atoms. The van der Waals surface area contributed by atoms with Crippen LogP contribution in [0.5, 0.6) is 5.75 Å². The van der Waals surface area contributed by atoms with Gasteiger partial charge in [0, 0.05) is 10.5 Å². The van der Waals surface area contributed by atoms with Crippen LogP contribution in [0.3, 0.4) is 0 Å². The highest BCUT2D eigenvalue weighted by Crippen LogP contribution is 2.30. The minimum atomic E-state index is -0.617. The van der Waals surface area contributed by atoms with Crippen molar-refractivity contribution in [1.29, 1.82) is 0 Å². The van der Waals surface area contributed by atoms with Gasteiger partial charge in [-0.05, 0) is 43.2 Å². The average molecular weight is 397 g/mol. The number of benzene rings is 2. The summed E-state index contributed by atoms with van der Waals surface area (Å²) in [6, 6.07) is 7.10. The molecule has 0 atom stereocenters. The predicted octanol–water partition coefficient (Wildman–Crippen LogP) is 4.13. The van der Waals surface area contributed by atoms with Crippen molar-refractivity contribution in [3.05, 3.63) is 61.9 Å². The van der Waals surface area contributed by atoms with Crippen LogP contribution in [-0.4, -0.2) is 17.4 Å². The van der Waals surface area contributed by atoms with E-state index in [4.69, 9.17) is 4.74 Å². The van der Waals surface area contributed by atoms with E-state index in [-0.39, 0.29) is 17.1 Å². The van der Waals surface area contributed by atoms with Crippen molar-refractivity contribution in [1.82, 2.24) is 0 Å². The smallest absolute Gasteiger partial charge is 0.293 e. The molecule has 0 fully saturated rings. The van der Waals surface area contributed by atoms with E-state index in [9.17, 15) is 19.3 Å². The largest absolute Gasteiger partial charge is 0.481 e. The maximum atomic E-state index is 13.6.